The SMILES string of the molecule is C=CCC1(OC(F)(F)F)Cc2cc(C)ccc2C1=O. The van der Waals surface area contributed by atoms with Crippen LogP contribution in [0.3, 0.4) is 0 Å². The summed E-state index contributed by atoms with van der Waals surface area (Å²) >= 11 is 0. The predicted molar refractivity (Wildman–Crippen MR) is 63.9 cm³/mol. The Labute approximate surface area is 108 Å². The minimum absolute atomic E-state index is 0.0750. The van der Waals surface area contributed by atoms with Crippen molar-refractivity contribution in [3.8, 4) is 0 Å². The third-order valence-corrected chi connectivity index (χ3v) is 3.18. The molecule has 1 aromatic rings. The van der Waals surface area contributed by atoms with Crippen molar-refractivity contribution in [2.45, 2.75) is 31.7 Å². The normalized spacial score (nSPS) is 22.4. The Balaban J connectivity index is 2.44. The molecular formula is C14H13F3O2. The van der Waals surface area contributed by atoms with Gasteiger partial charge in [0, 0.05) is 18.4 Å². The highest BCUT2D eigenvalue weighted by Crippen LogP contribution is 2.40. The fourth-order valence-corrected chi connectivity index (χ4v) is 2.47. The number of halogens is 3. The molecule has 0 saturated carbocycles. The molecule has 5 heteroatoms. The third kappa shape index (κ3) is 2.56. The molecule has 0 bridgehead atoms. The summed E-state index contributed by atoms with van der Waals surface area (Å²) in [6.07, 6.45) is -3.81. The monoisotopic (exact) mass is 270 g/mol. The van der Waals surface area contributed by atoms with Crippen LogP contribution in [0.2, 0.25) is 0 Å². The Morgan fingerprint density at radius 2 is 2.16 bits per heavy atom. The molecule has 0 saturated heterocycles. The van der Waals surface area contributed by atoms with E-state index in [1.807, 2.05) is 6.92 Å². The van der Waals surface area contributed by atoms with Crippen LogP contribution in [0.15, 0.2) is 30.9 Å². The molecule has 1 unspecified atom stereocenters. The Hall–Kier alpha value is -1.62. The van der Waals surface area contributed by atoms with Gasteiger partial charge in [0.15, 0.2) is 5.78 Å². The minimum atomic E-state index is -4.85. The van der Waals surface area contributed by atoms with Gasteiger partial charge in [-0.1, -0.05) is 29.8 Å². The van der Waals surface area contributed by atoms with Crippen molar-refractivity contribution in [1.82, 2.24) is 0 Å². The number of alkyl halides is 3. The smallest absolute Gasteiger partial charge is 0.291 e. The number of fused-ring (bicyclic) bond motifs is 1. The van der Waals surface area contributed by atoms with Gasteiger partial charge < -0.3 is 0 Å². The van der Waals surface area contributed by atoms with Crippen LogP contribution >= 0.6 is 0 Å². The first-order chi connectivity index (χ1) is 8.77. The van der Waals surface area contributed by atoms with Crippen molar-refractivity contribution in [2.75, 3.05) is 0 Å². The molecule has 2 rings (SSSR count). The van der Waals surface area contributed by atoms with E-state index in [2.05, 4.69) is 11.3 Å². The number of ether oxygens (including phenoxy) is 1. The van der Waals surface area contributed by atoms with Crippen molar-refractivity contribution in [2.24, 2.45) is 0 Å². The average Bonchev–Trinajstić information content (AvgIpc) is 2.49. The largest absolute Gasteiger partial charge is 0.523 e. The second-order valence-corrected chi connectivity index (χ2v) is 4.70. The number of benzene rings is 1. The van der Waals surface area contributed by atoms with E-state index in [0.717, 1.165) is 5.56 Å². The molecule has 19 heavy (non-hydrogen) atoms. The van der Waals surface area contributed by atoms with Crippen molar-refractivity contribution in [3.63, 3.8) is 0 Å². The standard InChI is InChI=1S/C14H13F3O2/c1-3-6-13(19-14(15,16)17)8-10-7-9(2)4-5-11(10)12(13)18/h3-5,7H,1,6,8H2,2H3. The quantitative estimate of drug-likeness (QED) is 0.785. The lowest BCUT2D eigenvalue weighted by molar-refractivity contribution is -0.355. The van der Waals surface area contributed by atoms with E-state index in [0.29, 0.717) is 11.1 Å². The molecular weight excluding hydrogens is 257 g/mol. The lowest BCUT2D eigenvalue weighted by Crippen LogP contribution is -2.43. The first-order valence-corrected chi connectivity index (χ1v) is 5.79. The summed E-state index contributed by atoms with van der Waals surface area (Å²) in [5.41, 5.74) is -0.100. The first-order valence-electron chi connectivity index (χ1n) is 5.79. The summed E-state index contributed by atoms with van der Waals surface area (Å²) in [5, 5.41) is 0. The zero-order valence-corrected chi connectivity index (χ0v) is 10.4. The fourth-order valence-electron chi connectivity index (χ4n) is 2.47. The van der Waals surface area contributed by atoms with Crippen LogP contribution in [-0.2, 0) is 11.2 Å². The maximum absolute atomic E-state index is 12.5. The summed E-state index contributed by atoms with van der Waals surface area (Å²) in [4.78, 5) is 12.2. The lowest BCUT2D eigenvalue weighted by atomic mass is 9.94. The second-order valence-electron chi connectivity index (χ2n) is 4.70. The summed E-state index contributed by atoms with van der Waals surface area (Å²) in [6.45, 7) is 5.24. The molecule has 1 aliphatic rings. The number of ketones is 1. The molecule has 102 valence electrons. The van der Waals surface area contributed by atoms with Crippen molar-refractivity contribution < 1.29 is 22.7 Å². The maximum atomic E-state index is 12.5. The van der Waals surface area contributed by atoms with Crippen LogP contribution in [0.4, 0.5) is 13.2 Å². The fraction of sp³-hybridized carbons (Fsp3) is 0.357. The van der Waals surface area contributed by atoms with Crippen LogP contribution in [-0.4, -0.2) is 17.7 Å². The number of Topliss-reactive ketones (excluding diaryl/α,β-unsaturated/α-hetero) is 1. The molecule has 1 aromatic carbocycles. The molecule has 0 amide bonds. The summed E-state index contributed by atoms with van der Waals surface area (Å²) in [5.74, 6) is -0.625. The van der Waals surface area contributed by atoms with E-state index >= 15 is 0 Å². The van der Waals surface area contributed by atoms with Crippen molar-refractivity contribution in [3.05, 3.63) is 47.5 Å². The highest BCUT2D eigenvalue weighted by Gasteiger charge is 2.52. The molecule has 0 radical (unpaired) electrons. The molecule has 0 heterocycles. The number of hydrogen-bond acceptors (Lipinski definition) is 2. The van der Waals surface area contributed by atoms with Gasteiger partial charge in [-0.2, -0.15) is 0 Å². The number of aryl methyl sites for hydroxylation is 1. The van der Waals surface area contributed by atoms with Crippen molar-refractivity contribution >= 4 is 5.78 Å². The van der Waals surface area contributed by atoms with E-state index in [4.69, 9.17) is 0 Å². The summed E-state index contributed by atoms with van der Waals surface area (Å²) in [7, 11) is 0. The van der Waals surface area contributed by atoms with Gasteiger partial charge >= 0.3 is 6.36 Å². The van der Waals surface area contributed by atoms with Crippen LogP contribution < -0.4 is 0 Å². The van der Waals surface area contributed by atoms with Gasteiger partial charge in [-0.15, -0.1) is 19.8 Å². The van der Waals surface area contributed by atoms with Gasteiger partial charge in [0.05, 0.1) is 0 Å². The molecule has 0 fully saturated rings. The van der Waals surface area contributed by atoms with Gasteiger partial charge in [0.2, 0.25) is 0 Å². The number of hydrogen-bond donors (Lipinski definition) is 0. The second kappa shape index (κ2) is 4.49. The van der Waals surface area contributed by atoms with E-state index in [1.165, 1.54) is 6.08 Å². The summed E-state index contributed by atoms with van der Waals surface area (Å²) < 4.78 is 41.8. The highest BCUT2D eigenvalue weighted by atomic mass is 19.4. The average molecular weight is 270 g/mol. The Morgan fingerprint density at radius 3 is 2.74 bits per heavy atom. The molecule has 1 atom stereocenters. The Kier molecular flexibility index (Phi) is 3.26. The predicted octanol–water partition coefficient (Wildman–Crippen LogP) is 3.59. The molecule has 0 aromatic heterocycles. The number of carbonyl (C=O) groups excluding carboxylic acids is 1. The van der Waals surface area contributed by atoms with Gasteiger partial charge in [0.1, 0.15) is 5.60 Å². The lowest BCUT2D eigenvalue weighted by Gasteiger charge is -2.27. The minimum Gasteiger partial charge on any atom is -0.291 e. The highest BCUT2D eigenvalue weighted by molar-refractivity contribution is 6.07. The number of carbonyl (C=O) groups is 1. The summed E-state index contributed by atoms with van der Waals surface area (Å²) in [6, 6.07) is 4.98. The molecule has 0 N–H and O–H groups in total. The van der Waals surface area contributed by atoms with Crippen LogP contribution in [0.25, 0.3) is 0 Å². The van der Waals surface area contributed by atoms with Crippen LogP contribution in [0.1, 0.15) is 27.9 Å². The molecule has 1 aliphatic carbocycles. The topological polar surface area (TPSA) is 26.3 Å². The first kappa shape index (κ1) is 13.8. The van der Waals surface area contributed by atoms with Crippen LogP contribution in [0, 0.1) is 6.92 Å². The van der Waals surface area contributed by atoms with E-state index in [-0.39, 0.29) is 12.8 Å². The van der Waals surface area contributed by atoms with E-state index in [1.54, 1.807) is 18.2 Å². The van der Waals surface area contributed by atoms with Gasteiger partial charge in [-0.05, 0) is 12.5 Å². The third-order valence-electron chi connectivity index (χ3n) is 3.18. The number of rotatable bonds is 3. The Bertz CT molecular complexity index is 534. The maximum Gasteiger partial charge on any atom is 0.523 e. The Morgan fingerprint density at radius 1 is 1.47 bits per heavy atom. The van der Waals surface area contributed by atoms with Gasteiger partial charge in [-0.25, -0.2) is 0 Å². The van der Waals surface area contributed by atoms with Crippen molar-refractivity contribution in [1.29, 1.82) is 0 Å². The van der Waals surface area contributed by atoms with E-state index in [9.17, 15) is 18.0 Å². The molecule has 2 nitrogen and oxygen atoms in total. The zero-order chi connectivity index (χ0) is 14.3. The van der Waals surface area contributed by atoms with Crippen LogP contribution in [0.5, 0.6) is 0 Å². The molecule has 0 aliphatic heterocycles. The van der Waals surface area contributed by atoms with Gasteiger partial charge in [0.25, 0.3) is 0 Å². The molecule has 0 spiro atoms. The van der Waals surface area contributed by atoms with Gasteiger partial charge in [-0.3, -0.25) is 9.53 Å². The zero-order valence-electron chi connectivity index (χ0n) is 10.4. The van der Waals surface area contributed by atoms with E-state index < -0.39 is 17.7 Å².